The van der Waals surface area contributed by atoms with E-state index in [1.807, 2.05) is 11.8 Å². The summed E-state index contributed by atoms with van der Waals surface area (Å²) >= 11 is 1.98. The molecule has 2 aliphatic rings. The minimum atomic E-state index is 0.129. The lowest BCUT2D eigenvalue weighted by Crippen LogP contribution is -2.24. The molecule has 0 heterocycles. The summed E-state index contributed by atoms with van der Waals surface area (Å²) in [6.07, 6.45) is 20.4. The van der Waals surface area contributed by atoms with Crippen LogP contribution in [0.3, 0.4) is 0 Å². The second-order valence-electron chi connectivity index (χ2n) is 7.86. The highest BCUT2D eigenvalue weighted by molar-refractivity contribution is 8.00. The molecule has 2 rings (SSSR count). The Morgan fingerprint density at radius 1 is 1.31 bits per heavy atom. The molecule has 2 atom stereocenters. The van der Waals surface area contributed by atoms with Crippen LogP contribution in [-0.4, -0.2) is 30.5 Å². The Kier molecular flexibility index (Phi) is 8.17. The maximum absolute atomic E-state index is 10.8. The summed E-state index contributed by atoms with van der Waals surface area (Å²) in [5.41, 5.74) is 3.77. The van der Waals surface area contributed by atoms with Crippen molar-refractivity contribution >= 4 is 18.0 Å². The Balaban J connectivity index is 2.06. The van der Waals surface area contributed by atoms with Crippen LogP contribution in [0.1, 0.15) is 46.5 Å². The minimum Gasteiger partial charge on any atom is -0.376 e. The van der Waals surface area contributed by atoms with E-state index in [2.05, 4.69) is 57.2 Å². The van der Waals surface area contributed by atoms with Gasteiger partial charge in [-0.2, -0.15) is 11.8 Å². The molecule has 0 saturated heterocycles. The van der Waals surface area contributed by atoms with Crippen molar-refractivity contribution in [2.75, 3.05) is 12.9 Å². The van der Waals surface area contributed by atoms with Crippen LogP contribution in [-0.2, 0) is 9.53 Å². The highest BCUT2D eigenvalue weighted by atomic mass is 32.2. The zero-order valence-electron chi connectivity index (χ0n) is 16.5. The van der Waals surface area contributed by atoms with Crippen molar-refractivity contribution in [2.45, 2.75) is 57.8 Å². The highest BCUT2D eigenvalue weighted by Gasteiger charge is 2.24. The third-order valence-corrected chi connectivity index (χ3v) is 6.08. The quantitative estimate of drug-likeness (QED) is 0.305. The predicted octanol–water partition coefficient (Wildman–Crippen LogP) is 5.83. The average molecular weight is 373 g/mol. The van der Waals surface area contributed by atoms with Gasteiger partial charge in [-0.1, -0.05) is 57.6 Å². The van der Waals surface area contributed by atoms with E-state index in [1.165, 1.54) is 29.7 Å². The Morgan fingerprint density at radius 2 is 2.12 bits per heavy atom. The number of allylic oxidation sites excluding steroid dienone is 8. The van der Waals surface area contributed by atoms with Crippen molar-refractivity contribution in [3.8, 4) is 0 Å². The fraction of sp³-hybridized carbons (Fsp3) is 0.522. The molecule has 0 amide bonds. The number of thioether (sulfide) groups is 1. The maximum atomic E-state index is 10.8. The number of rotatable bonds is 8. The number of carbonyl (C=O) groups excluding carboxylic acids is 1. The van der Waals surface area contributed by atoms with Gasteiger partial charge in [0.05, 0.1) is 11.4 Å². The van der Waals surface area contributed by atoms with E-state index in [1.54, 1.807) is 13.2 Å². The van der Waals surface area contributed by atoms with Crippen molar-refractivity contribution in [2.24, 2.45) is 5.41 Å². The summed E-state index contributed by atoms with van der Waals surface area (Å²) in [5, 5.41) is 0.402. The number of hydrogen-bond donors (Lipinski definition) is 0. The van der Waals surface area contributed by atoms with E-state index >= 15 is 0 Å². The smallest absolute Gasteiger partial charge is 0.143 e. The third-order valence-electron chi connectivity index (χ3n) is 4.75. The van der Waals surface area contributed by atoms with E-state index in [0.717, 1.165) is 24.7 Å². The predicted molar refractivity (Wildman–Crippen MR) is 114 cm³/mol. The zero-order valence-corrected chi connectivity index (χ0v) is 17.4. The molecule has 142 valence electrons. The molecular weight excluding hydrogens is 340 g/mol. The molecule has 2 aliphatic carbocycles. The van der Waals surface area contributed by atoms with E-state index in [0.29, 0.717) is 5.25 Å². The lowest BCUT2D eigenvalue weighted by atomic mass is 9.75. The molecule has 0 saturated carbocycles. The fourth-order valence-corrected chi connectivity index (χ4v) is 4.79. The molecule has 0 fully saturated rings. The van der Waals surface area contributed by atoms with Crippen molar-refractivity contribution in [1.82, 2.24) is 0 Å². The van der Waals surface area contributed by atoms with Gasteiger partial charge in [0.15, 0.2) is 0 Å². The average Bonchev–Trinajstić information content (AvgIpc) is 2.60. The standard InChI is InChI=1S/C23H32O2S/c1-5-6-13-26-22-10-9-18(15-21(22)25-4)7-8-19-14-20(11-12-24)17-23(2,3)16-19/h7-12,14-15,21-22H,5-6,13,16-17H2,1-4H3/b8-7+,20-11-. The second-order valence-corrected chi connectivity index (χ2v) is 9.15. The van der Waals surface area contributed by atoms with Crippen LogP contribution in [0, 0.1) is 5.41 Å². The van der Waals surface area contributed by atoms with Crippen LogP contribution >= 0.6 is 11.8 Å². The van der Waals surface area contributed by atoms with Gasteiger partial charge < -0.3 is 4.74 Å². The van der Waals surface area contributed by atoms with Gasteiger partial charge in [-0.3, -0.25) is 4.79 Å². The van der Waals surface area contributed by atoms with Gasteiger partial charge in [-0.25, -0.2) is 0 Å². The van der Waals surface area contributed by atoms with Crippen LogP contribution in [0.5, 0.6) is 0 Å². The van der Waals surface area contributed by atoms with Gasteiger partial charge in [-0.05, 0) is 59.3 Å². The number of aldehydes is 1. The fourth-order valence-electron chi connectivity index (χ4n) is 3.50. The van der Waals surface area contributed by atoms with Crippen LogP contribution < -0.4 is 0 Å². The Bertz CT molecular complexity index is 635. The third kappa shape index (κ3) is 6.44. The Morgan fingerprint density at radius 3 is 2.81 bits per heavy atom. The molecular formula is C23H32O2S. The first kappa shape index (κ1) is 21.0. The van der Waals surface area contributed by atoms with Gasteiger partial charge in [0.2, 0.25) is 0 Å². The highest BCUT2D eigenvalue weighted by Crippen LogP contribution is 2.38. The molecule has 0 spiro atoms. The Labute approximate surface area is 163 Å². The molecule has 0 aromatic rings. The van der Waals surface area contributed by atoms with Crippen molar-refractivity contribution in [3.63, 3.8) is 0 Å². The number of methoxy groups -OCH3 is 1. The van der Waals surface area contributed by atoms with E-state index < -0.39 is 0 Å². The van der Waals surface area contributed by atoms with Crippen molar-refractivity contribution in [1.29, 1.82) is 0 Å². The summed E-state index contributed by atoms with van der Waals surface area (Å²) in [5.74, 6) is 1.18. The molecule has 0 aromatic carbocycles. The first-order chi connectivity index (χ1) is 12.5. The molecule has 26 heavy (non-hydrogen) atoms. The lowest BCUT2D eigenvalue weighted by Gasteiger charge is -2.30. The van der Waals surface area contributed by atoms with Gasteiger partial charge in [0.1, 0.15) is 6.29 Å². The van der Waals surface area contributed by atoms with E-state index in [-0.39, 0.29) is 11.5 Å². The number of unbranched alkanes of at least 4 members (excludes halogenated alkanes) is 1. The van der Waals surface area contributed by atoms with Crippen LogP contribution in [0.25, 0.3) is 0 Å². The molecule has 0 bridgehead atoms. The first-order valence-corrected chi connectivity index (χ1v) is 10.6. The number of ether oxygens (including phenoxy) is 1. The van der Waals surface area contributed by atoms with Crippen LogP contribution in [0.4, 0.5) is 0 Å². The number of carbonyl (C=O) groups is 1. The van der Waals surface area contributed by atoms with Gasteiger partial charge in [0, 0.05) is 7.11 Å². The molecule has 3 heteroatoms. The zero-order chi connectivity index (χ0) is 19.0. The normalized spacial score (nSPS) is 26.8. The molecule has 0 aliphatic heterocycles. The summed E-state index contributed by atoms with van der Waals surface area (Å²) < 4.78 is 5.69. The molecule has 0 N–H and O–H groups in total. The lowest BCUT2D eigenvalue weighted by molar-refractivity contribution is -0.104. The summed E-state index contributed by atoms with van der Waals surface area (Å²) in [6, 6.07) is 0. The largest absolute Gasteiger partial charge is 0.376 e. The maximum Gasteiger partial charge on any atom is 0.143 e. The van der Waals surface area contributed by atoms with Gasteiger partial charge in [0.25, 0.3) is 0 Å². The first-order valence-electron chi connectivity index (χ1n) is 9.55. The molecule has 0 radical (unpaired) electrons. The SMILES string of the molecule is CCCCSC1C=CC(/C=C/C2=CC(=C/C=O)/CC(C)(C)C2)=CC1OC. The molecule has 2 unspecified atom stereocenters. The van der Waals surface area contributed by atoms with Crippen molar-refractivity contribution in [3.05, 3.63) is 59.3 Å². The van der Waals surface area contributed by atoms with Crippen LogP contribution in [0.15, 0.2) is 59.3 Å². The summed E-state index contributed by atoms with van der Waals surface area (Å²) in [7, 11) is 1.79. The molecule has 2 nitrogen and oxygen atoms in total. The topological polar surface area (TPSA) is 26.3 Å². The van der Waals surface area contributed by atoms with E-state index in [4.69, 9.17) is 4.74 Å². The molecule has 0 aromatic heterocycles. The minimum absolute atomic E-state index is 0.129. The summed E-state index contributed by atoms with van der Waals surface area (Å²) in [6.45, 7) is 6.74. The Hall–Kier alpha value is -1.32. The number of hydrogen-bond acceptors (Lipinski definition) is 3. The summed E-state index contributed by atoms with van der Waals surface area (Å²) in [4.78, 5) is 10.8. The monoisotopic (exact) mass is 372 g/mol. The van der Waals surface area contributed by atoms with Gasteiger partial charge in [-0.15, -0.1) is 0 Å². The van der Waals surface area contributed by atoms with E-state index in [9.17, 15) is 4.79 Å². The second kappa shape index (κ2) is 10.1. The van der Waals surface area contributed by atoms with Crippen molar-refractivity contribution < 1.29 is 9.53 Å². The van der Waals surface area contributed by atoms with Gasteiger partial charge >= 0.3 is 0 Å². The van der Waals surface area contributed by atoms with Crippen LogP contribution in [0.2, 0.25) is 0 Å².